The van der Waals surface area contributed by atoms with Gasteiger partial charge in [-0.2, -0.15) is 0 Å². The zero-order chi connectivity index (χ0) is 13.0. The van der Waals surface area contributed by atoms with Crippen molar-refractivity contribution in [2.24, 2.45) is 11.7 Å². The Morgan fingerprint density at radius 2 is 2.33 bits per heavy atom. The molecule has 3 nitrogen and oxygen atoms in total. The molecule has 0 aromatic heterocycles. The number of benzene rings is 1. The maximum atomic E-state index is 6.03. The molecule has 3 heteroatoms. The molecule has 1 aromatic carbocycles. The summed E-state index contributed by atoms with van der Waals surface area (Å²) in [5.74, 6) is 1.64. The van der Waals surface area contributed by atoms with Crippen LogP contribution in [0, 0.1) is 5.92 Å². The summed E-state index contributed by atoms with van der Waals surface area (Å²) in [7, 11) is 1.69. The van der Waals surface area contributed by atoms with Gasteiger partial charge in [-0.15, -0.1) is 0 Å². The van der Waals surface area contributed by atoms with E-state index >= 15 is 0 Å². The Balaban J connectivity index is 2.13. The molecule has 1 fully saturated rings. The smallest absolute Gasteiger partial charge is 0.120 e. The summed E-state index contributed by atoms with van der Waals surface area (Å²) in [6.07, 6.45) is 4.89. The molecule has 2 unspecified atom stereocenters. The van der Waals surface area contributed by atoms with Crippen LogP contribution in [-0.2, 0) is 0 Å². The van der Waals surface area contributed by atoms with Crippen LogP contribution in [0.2, 0.25) is 0 Å². The quantitative estimate of drug-likeness (QED) is 0.861. The van der Waals surface area contributed by atoms with Gasteiger partial charge in [0.25, 0.3) is 0 Å². The van der Waals surface area contributed by atoms with Gasteiger partial charge in [0, 0.05) is 23.8 Å². The van der Waals surface area contributed by atoms with Crippen molar-refractivity contribution in [3.05, 3.63) is 24.3 Å². The van der Waals surface area contributed by atoms with Crippen molar-refractivity contribution >= 4 is 5.69 Å². The zero-order valence-corrected chi connectivity index (χ0v) is 11.4. The molecule has 100 valence electrons. The van der Waals surface area contributed by atoms with E-state index in [0.717, 1.165) is 30.2 Å². The first-order chi connectivity index (χ1) is 8.67. The molecule has 0 heterocycles. The highest BCUT2D eigenvalue weighted by Gasteiger charge is 2.33. The number of nitrogens with one attached hydrogen (secondary N) is 1. The van der Waals surface area contributed by atoms with Crippen LogP contribution >= 0.6 is 0 Å². The largest absolute Gasteiger partial charge is 0.497 e. The van der Waals surface area contributed by atoms with Crippen molar-refractivity contribution in [3.63, 3.8) is 0 Å². The third kappa shape index (κ3) is 2.96. The Bertz CT molecular complexity index is 394. The first kappa shape index (κ1) is 13.2. The summed E-state index contributed by atoms with van der Waals surface area (Å²) in [6.45, 7) is 3.01. The van der Waals surface area contributed by atoms with Crippen molar-refractivity contribution < 1.29 is 4.74 Å². The Labute approximate surface area is 110 Å². The van der Waals surface area contributed by atoms with Gasteiger partial charge in [-0.3, -0.25) is 0 Å². The maximum Gasteiger partial charge on any atom is 0.120 e. The number of anilines is 1. The molecule has 0 saturated heterocycles. The highest BCUT2D eigenvalue weighted by molar-refractivity contribution is 5.50. The molecule has 0 bridgehead atoms. The first-order valence-corrected chi connectivity index (χ1v) is 6.80. The fraction of sp³-hybridized carbons (Fsp3) is 0.600. The van der Waals surface area contributed by atoms with Crippen molar-refractivity contribution in [2.75, 3.05) is 19.0 Å². The van der Waals surface area contributed by atoms with E-state index in [4.69, 9.17) is 10.5 Å². The number of nitrogens with two attached hydrogens (primary N) is 1. The lowest BCUT2D eigenvalue weighted by Gasteiger charge is -2.40. The van der Waals surface area contributed by atoms with Crippen LogP contribution in [-0.4, -0.2) is 19.2 Å². The normalized spacial score (nSPS) is 27.8. The van der Waals surface area contributed by atoms with Crippen LogP contribution in [0.4, 0.5) is 5.69 Å². The van der Waals surface area contributed by atoms with Crippen molar-refractivity contribution in [1.82, 2.24) is 0 Å². The second-order valence-corrected chi connectivity index (χ2v) is 5.54. The Morgan fingerprint density at radius 3 is 3.00 bits per heavy atom. The maximum absolute atomic E-state index is 6.03. The molecule has 1 aliphatic rings. The fourth-order valence-electron chi connectivity index (χ4n) is 3.02. The second kappa shape index (κ2) is 5.61. The monoisotopic (exact) mass is 248 g/mol. The summed E-state index contributed by atoms with van der Waals surface area (Å²) in [5, 5.41) is 3.64. The molecule has 18 heavy (non-hydrogen) atoms. The summed E-state index contributed by atoms with van der Waals surface area (Å²) < 4.78 is 5.26. The van der Waals surface area contributed by atoms with Crippen LogP contribution in [0.3, 0.4) is 0 Å². The Morgan fingerprint density at radius 1 is 1.50 bits per heavy atom. The van der Waals surface area contributed by atoms with Gasteiger partial charge in [-0.1, -0.05) is 25.8 Å². The molecular formula is C15H24N2O. The predicted molar refractivity (Wildman–Crippen MR) is 76.0 cm³/mol. The highest BCUT2D eigenvalue weighted by atomic mass is 16.5. The lowest BCUT2D eigenvalue weighted by molar-refractivity contribution is 0.264. The van der Waals surface area contributed by atoms with E-state index < -0.39 is 0 Å². The van der Waals surface area contributed by atoms with Crippen LogP contribution in [0.5, 0.6) is 5.75 Å². The third-order valence-electron chi connectivity index (χ3n) is 3.96. The third-order valence-corrected chi connectivity index (χ3v) is 3.96. The van der Waals surface area contributed by atoms with Crippen LogP contribution in [0.15, 0.2) is 24.3 Å². The lowest BCUT2D eigenvalue weighted by Crippen LogP contribution is -2.48. The average Bonchev–Trinajstić information content (AvgIpc) is 2.39. The summed E-state index contributed by atoms with van der Waals surface area (Å²) in [4.78, 5) is 0. The van der Waals surface area contributed by atoms with E-state index in [1.54, 1.807) is 7.11 Å². The van der Waals surface area contributed by atoms with E-state index in [1.165, 1.54) is 12.8 Å². The minimum Gasteiger partial charge on any atom is -0.497 e. The van der Waals surface area contributed by atoms with Gasteiger partial charge < -0.3 is 15.8 Å². The lowest BCUT2D eigenvalue weighted by atomic mass is 9.76. The van der Waals surface area contributed by atoms with Gasteiger partial charge in [0.15, 0.2) is 0 Å². The predicted octanol–water partition coefficient (Wildman–Crippen LogP) is 3.01. The Kier molecular flexibility index (Phi) is 4.12. The summed E-state index contributed by atoms with van der Waals surface area (Å²) in [5.41, 5.74) is 7.19. The molecule has 3 N–H and O–H groups in total. The van der Waals surface area contributed by atoms with Crippen LogP contribution in [0.1, 0.15) is 32.6 Å². The highest BCUT2D eigenvalue weighted by Crippen LogP contribution is 2.34. The molecule has 1 aliphatic carbocycles. The molecule has 2 rings (SSSR count). The molecule has 0 spiro atoms. The number of ether oxygens (including phenoxy) is 1. The SMILES string of the molecule is COc1cccc(NC2(CN)CCCC(C)C2)c1. The molecule has 1 aromatic rings. The number of methoxy groups -OCH3 is 1. The van der Waals surface area contributed by atoms with E-state index in [1.807, 2.05) is 18.2 Å². The van der Waals surface area contributed by atoms with Crippen molar-refractivity contribution in [2.45, 2.75) is 38.1 Å². The molecular weight excluding hydrogens is 224 g/mol. The van der Waals surface area contributed by atoms with Gasteiger partial charge in [-0.05, 0) is 30.9 Å². The molecule has 0 radical (unpaired) electrons. The van der Waals surface area contributed by atoms with E-state index in [0.29, 0.717) is 6.54 Å². The van der Waals surface area contributed by atoms with Gasteiger partial charge >= 0.3 is 0 Å². The zero-order valence-electron chi connectivity index (χ0n) is 11.4. The fourth-order valence-corrected chi connectivity index (χ4v) is 3.02. The van der Waals surface area contributed by atoms with Crippen LogP contribution in [0.25, 0.3) is 0 Å². The average molecular weight is 248 g/mol. The van der Waals surface area contributed by atoms with Crippen LogP contribution < -0.4 is 15.8 Å². The Hall–Kier alpha value is -1.22. The minimum absolute atomic E-state index is 0.0596. The van der Waals surface area contributed by atoms with Crippen molar-refractivity contribution in [3.8, 4) is 5.75 Å². The van der Waals surface area contributed by atoms with E-state index in [-0.39, 0.29) is 5.54 Å². The number of hydrogen-bond acceptors (Lipinski definition) is 3. The molecule has 2 atom stereocenters. The van der Waals surface area contributed by atoms with Gasteiger partial charge in [-0.25, -0.2) is 0 Å². The van der Waals surface area contributed by atoms with Gasteiger partial charge in [0.05, 0.1) is 7.11 Å². The minimum atomic E-state index is 0.0596. The summed E-state index contributed by atoms with van der Waals surface area (Å²) in [6, 6.07) is 8.09. The van der Waals surface area contributed by atoms with E-state index in [9.17, 15) is 0 Å². The molecule has 0 amide bonds. The molecule has 0 aliphatic heterocycles. The second-order valence-electron chi connectivity index (χ2n) is 5.54. The van der Waals surface area contributed by atoms with E-state index in [2.05, 4.69) is 18.3 Å². The first-order valence-electron chi connectivity index (χ1n) is 6.80. The standard InChI is InChI=1S/C15H24N2O/c1-12-5-4-8-15(10-12,11-16)17-13-6-3-7-14(9-13)18-2/h3,6-7,9,12,17H,4-5,8,10-11,16H2,1-2H3. The van der Waals surface area contributed by atoms with Gasteiger partial charge in [0.2, 0.25) is 0 Å². The summed E-state index contributed by atoms with van der Waals surface area (Å²) >= 11 is 0. The topological polar surface area (TPSA) is 47.3 Å². The van der Waals surface area contributed by atoms with Gasteiger partial charge in [0.1, 0.15) is 5.75 Å². The van der Waals surface area contributed by atoms with Crippen molar-refractivity contribution in [1.29, 1.82) is 0 Å². The number of hydrogen-bond donors (Lipinski definition) is 2. The number of rotatable bonds is 4. The molecule has 1 saturated carbocycles.